The fraction of sp³-hybridized carbons (Fsp3) is 0.571. The molecule has 0 unspecified atom stereocenters. The predicted octanol–water partition coefficient (Wildman–Crippen LogP) is 2.97. The maximum Gasteiger partial charge on any atom is 0.112 e. The second kappa shape index (κ2) is 5.92. The number of aryl methyl sites for hydroxylation is 1. The van der Waals surface area contributed by atoms with Crippen molar-refractivity contribution in [2.24, 2.45) is 5.92 Å². The lowest BCUT2D eigenvalue weighted by atomic mass is 9.95. The molecule has 0 radical (unpaired) electrons. The molecule has 1 rings (SSSR count). The molecule has 0 saturated carbocycles. The Balaban J connectivity index is 2.63. The van der Waals surface area contributed by atoms with Crippen LogP contribution < -0.4 is 5.73 Å². The summed E-state index contributed by atoms with van der Waals surface area (Å²) in [6, 6.07) is 9.41. The largest absolute Gasteiger partial charge is 0.351 e. The SMILES string of the molecule is CCCCc1ccc([C@@H]([NH3+])C(C)C)cc1. The molecule has 0 heterocycles. The molecule has 1 nitrogen and oxygen atoms in total. The van der Waals surface area contributed by atoms with Crippen molar-refractivity contribution in [1.82, 2.24) is 0 Å². The van der Waals surface area contributed by atoms with Crippen molar-refractivity contribution < 1.29 is 5.73 Å². The first kappa shape index (κ1) is 12.3. The lowest BCUT2D eigenvalue weighted by molar-refractivity contribution is -0.438. The van der Waals surface area contributed by atoms with Crippen LogP contribution in [-0.4, -0.2) is 0 Å². The molecule has 0 spiro atoms. The third-order valence-electron chi connectivity index (χ3n) is 3.03. The van der Waals surface area contributed by atoms with Crippen molar-refractivity contribution in [3.05, 3.63) is 35.4 Å². The summed E-state index contributed by atoms with van der Waals surface area (Å²) in [6.07, 6.45) is 3.77. The van der Waals surface area contributed by atoms with Crippen LogP contribution in [0.2, 0.25) is 0 Å². The van der Waals surface area contributed by atoms with Crippen LogP contribution in [0, 0.1) is 5.92 Å². The van der Waals surface area contributed by atoms with E-state index >= 15 is 0 Å². The molecular formula is C14H24N+. The first-order valence-corrected chi connectivity index (χ1v) is 6.07. The van der Waals surface area contributed by atoms with E-state index in [4.69, 9.17) is 0 Å². The highest BCUT2D eigenvalue weighted by Gasteiger charge is 2.13. The van der Waals surface area contributed by atoms with Gasteiger partial charge >= 0.3 is 0 Å². The standard InChI is InChI=1S/C14H23N/c1-4-5-6-12-7-9-13(10-8-12)14(15)11(2)3/h7-11,14H,4-6,15H2,1-3H3/p+1/t14-/m0/s1. The number of rotatable bonds is 5. The molecule has 0 aliphatic rings. The summed E-state index contributed by atoms with van der Waals surface area (Å²) in [4.78, 5) is 0. The van der Waals surface area contributed by atoms with Gasteiger partial charge in [0.25, 0.3) is 0 Å². The number of unbranched alkanes of at least 4 members (excludes halogenated alkanes) is 1. The molecule has 0 aliphatic carbocycles. The first-order valence-electron chi connectivity index (χ1n) is 6.07. The van der Waals surface area contributed by atoms with Crippen LogP contribution in [-0.2, 0) is 6.42 Å². The Morgan fingerprint density at radius 3 is 2.20 bits per heavy atom. The Hall–Kier alpha value is -0.820. The molecular weight excluding hydrogens is 182 g/mol. The van der Waals surface area contributed by atoms with Gasteiger partial charge in [-0.2, -0.15) is 0 Å². The molecule has 1 aromatic rings. The van der Waals surface area contributed by atoms with Crippen molar-refractivity contribution in [1.29, 1.82) is 0 Å². The van der Waals surface area contributed by atoms with Crippen molar-refractivity contribution in [3.8, 4) is 0 Å². The maximum atomic E-state index is 4.20. The van der Waals surface area contributed by atoms with E-state index in [9.17, 15) is 0 Å². The smallest absolute Gasteiger partial charge is 0.112 e. The normalized spacial score (nSPS) is 13.1. The molecule has 0 aromatic heterocycles. The van der Waals surface area contributed by atoms with Crippen LogP contribution in [0.3, 0.4) is 0 Å². The van der Waals surface area contributed by atoms with Crippen LogP contribution in [0.4, 0.5) is 0 Å². The van der Waals surface area contributed by atoms with Gasteiger partial charge in [-0.15, -0.1) is 0 Å². The number of hydrogen-bond acceptors (Lipinski definition) is 0. The van der Waals surface area contributed by atoms with Gasteiger partial charge in [-0.3, -0.25) is 0 Å². The molecule has 0 bridgehead atoms. The third kappa shape index (κ3) is 3.67. The first-order chi connectivity index (χ1) is 7.15. The molecule has 3 N–H and O–H groups in total. The average Bonchev–Trinajstić information content (AvgIpc) is 2.26. The minimum Gasteiger partial charge on any atom is -0.351 e. The predicted molar refractivity (Wildman–Crippen MR) is 65.5 cm³/mol. The lowest BCUT2D eigenvalue weighted by Gasteiger charge is -2.12. The van der Waals surface area contributed by atoms with Gasteiger partial charge in [-0.05, 0) is 18.4 Å². The maximum absolute atomic E-state index is 4.20. The minimum atomic E-state index is 0.422. The Bertz CT molecular complexity index is 274. The molecule has 0 aliphatic heterocycles. The van der Waals surface area contributed by atoms with E-state index < -0.39 is 0 Å². The molecule has 1 aromatic carbocycles. The van der Waals surface area contributed by atoms with Crippen LogP contribution in [0.15, 0.2) is 24.3 Å². The fourth-order valence-corrected chi connectivity index (χ4v) is 1.70. The van der Waals surface area contributed by atoms with E-state index in [0.29, 0.717) is 12.0 Å². The van der Waals surface area contributed by atoms with Gasteiger partial charge in [-0.1, -0.05) is 51.5 Å². The Morgan fingerprint density at radius 2 is 1.73 bits per heavy atom. The van der Waals surface area contributed by atoms with Gasteiger partial charge in [0.1, 0.15) is 6.04 Å². The van der Waals surface area contributed by atoms with Gasteiger partial charge in [0, 0.05) is 11.5 Å². The van der Waals surface area contributed by atoms with E-state index in [-0.39, 0.29) is 0 Å². The van der Waals surface area contributed by atoms with Crippen molar-refractivity contribution in [2.75, 3.05) is 0 Å². The topological polar surface area (TPSA) is 27.6 Å². The second-order valence-corrected chi connectivity index (χ2v) is 4.70. The molecule has 84 valence electrons. The van der Waals surface area contributed by atoms with Crippen molar-refractivity contribution >= 4 is 0 Å². The van der Waals surface area contributed by atoms with Crippen molar-refractivity contribution in [2.45, 2.75) is 46.1 Å². The van der Waals surface area contributed by atoms with Gasteiger partial charge in [0.05, 0.1) is 0 Å². The van der Waals surface area contributed by atoms with E-state index in [1.807, 2.05) is 0 Å². The molecule has 0 amide bonds. The average molecular weight is 206 g/mol. The van der Waals surface area contributed by atoms with Crippen LogP contribution in [0.1, 0.15) is 50.8 Å². The number of hydrogen-bond donors (Lipinski definition) is 1. The van der Waals surface area contributed by atoms with Gasteiger partial charge in [-0.25, -0.2) is 0 Å². The fourth-order valence-electron chi connectivity index (χ4n) is 1.70. The summed E-state index contributed by atoms with van der Waals surface area (Å²) in [6.45, 7) is 6.68. The minimum absolute atomic E-state index is 0.422. The quantitative estimate of drug-likeness (QED) is 0.767. The molecule has 1 heteroatoms. The van der Waals surface area contributed by atoms with E-state index in [2.05, 4.69) is 50.8 Å². The summed E-state index contributed by atoms with van der Waals surface area (Å²) in [7, 11) is 0. The van der Waals surface area contributed by atoms with E-state index in [0.717, 1.165) is 0 Å². The summed E-state index contributed by atoms with van der Waals surface area (Å²) in [5.74, 6) is 0.617. The monoisotopic (exact) mass is 206 g/mol. The van der Waals surface area contributed by atoms with Gasteiger partial charge in [0.15, 0.2) is 0 Å². The molecule has 1 atom stereocenters. The Kier molecular flexibility index (Phi) is 4.83. The van der Waals surface area contributed by atoms with E-state index in [1.54, 1.807) is 0 Å². The Labute approximate surface area is 93.7 Å². The van der Waals surface area contributed by atoms with Gasteiger partial charge < -0.3 is 5.73 Å². The summed E-state index contributed by atoms with van der Waals surface area (Å²) >= 11 is 0. The van der Waals surface area contributed by atoms with E-state index in [1.165, 1.54) is 30.4 Å². The third-order valence-corrected chi connectivity index (χ3v) is 3.03. The summed E-state index contributed by atoms with van der Waals surface area (Å²) < 4.78 is 0. The zero-order chi connectivity index (χ0) is 11.3. The highest BCUT2D eigenvalue weighted by Crippen LogP contribution is 2.17. The number of benzene rings is 1. The van der Waals surface area contributed by atoms with Gasteiger partial charge in [0.2, 0.25) is 0 Å². The van der Waals surface area contributed by atoms with Crippen molar-refractivity contribution in [3.63, 3.8) is 0 Å². The highest BCUT2D eigenvalue weighted by atomic mass is 14.6. The molecule has 0 fully saturated rings. The van der Waals surface area contributed by atoms with Crippen LogP contribution >= 0.6 is 0 Å². The zero-order valence-corrected chi connectivity index (χ0v) is 10.3. The van der Waals surface area contributed by atoms with Crippen LogP contribution in [0.25, 0.3) is 0 Å². The highest BCUT2D eigenvalue weighted by molar-refractivity contribution is 5.24. The second-order valence-electron chi connectivity index (χ2n) is 4.70. The molecule has 15 heavy (non-hydrogen) atoms. The number of quaternary nitrogens is 1. The summed E-state index contributed by atoms with van der Waals surface area (Å²) in [5, 5.41) is 0. The zero-order valence-electron chi connectivity index (χ0n) is 10.3. The molecule has 0 saturated heterocycles. The van der Waals surface area contributed by atoms with Crippen LogP contribution in [0.5, 0.6) is 0 Å². The lowest BCUT2D eigenvalue weighted by Crippen LogP contribution is -2.55. The summed E-state index contributed by atoms with van der Waals surface area (Å²) in [5.41, 5.74) is 7.02. The Morgan fingerprint density at radius 1 is 1.13 bits per heavy atom.